The van der Waals surface area contributed by atoms with Crippen LogP contribution in [0.2, 0.25) is 0 Å². The maximum atomic E-state index is 5.38. The molecule has 0 aromatic heterocycles. The average molecular weight is 189 g/mol. The Morgan fingerprint density at radius 3 is 3.08 bits per heavy atom. The number of hydrogen-bond acceptors (Lipinski definition) is 3. The molecule has 13 heavy (non-hydrogen) atoms. The predicted molar refractivity (Wildman–Crippen MR) is 50.2 cm³/mol. The summed E-state index contributed by atoms with van der Waals surface area (Å²) in [7, 11) is 2.08. The van der Waals surface area contributed by atoms with E-state index < -0.39 is 0 Å². The molecule has 1 heterocycles. The van der Waals surface area contributed by atoms with Gasteiger partial charge in [-0.2, -0.15) is 0 Å². The van der Waals surface area contributed by atoms with Crippen molar-refractivity contribution >= 4 is 0 Å². The Morgan fingerprint density at radius 2 is 2.38 bits per heavy atom. The number of nitrogens with two attached hydrogens (primary N) is 1. The molecule has 1 rings (SSSR count). The molecule has 0 aliphatic carbocycles. The quantitative estimate of drug-likeness (QED) is 0.391. The van der Waals surface area contributed by atoms with E-state index >= 15 is 0 Å². The van der Waals surface area contributed by atoms with Gasteiger partial charge in [-0.3, -0.25) is 5.32 Å². The van der Waals surface area contributed by atoms with E-state index in [1.165, 1.54) is 13.0 Å². The average Bonchev–Trinajstić information content (AvgIpc) is 2.88. The molecule has 0 saturated carbocycles. The van der Waals surface area contributed by atoms with Crippen LogP contribution in [0.1, 0.15) is 19.8 Å². The second-order valence-electron chi connectivity index (χ2n) is 3.30. The molecule has 1 fully saturated rings. The van der Waals surface area contributed by atoms with Crippen LogP contribution in [0.15, 0.2) is 0 Å². The molecule has 0 amide bonds. The van der Waals surface area contributed by atoms with Gasteiger partial charge in [0.1, 0.15) is 0 Å². The van der Waals surface area contributed by atoms with Gasteiger partial charge in [0.05, 0.1) is 13.6 Å². The highest BCUT2D eigenvalue weighted by Crippen LogP contribution is 2.20. The standard InChI is InChI=1S/C9H20N2O2/c1-3-7-12-9-8(13-9)11-6-4-5-10-2/h8-11H,3-7H2,1-2H3/p+1. The number of epoxide rings is 1. The van der Waals surface area contributed by atoms with E-state index in [4.69, 9.17) is 9.47 Å². The lowest BCUT2D eigenvalue weighted by molar-refractivity contribution is -0.627. The minimum absolute atomic E-state index is 0.0190. The van der Waals surface area contributed by atoms with Gasteiger partial charge < -0.3 is 14.8 Å². The first-order chi connectivity index (χ1) is 6.38. The van der Waals surface area contributed by atoms with Crippen LogP contribution in [-0.2, 0) is 9.47 Å². The fourth-order valence-electron chi connectivity index (χ4n) is 1.15. The van der Waals surface area contributed by atoms with Crippen molar-refractivity contribution in [1.29, 1.82) is 0 Å². The van der Waals surface area contributed by atoms with Crippen molar-refractivity contribution in [1.82, 2.24) is 5.32 Å². The minimum Gasteiger partial charge on any atom is -0.349 e. The van der Waals surface area contributed by atoms with Crippen molar-refractivity contribution in [3.8, 4) is 0 Å². The molecule has 0 spiro atoms. The maximum Gasteiger partial charge on any atom is 0.199 e. The summed E-state index contributed by atoms with van der Waals surface area (Å²) in [6.07, 6.45) is 2.41. The van der Waals surface area contributed by atoms with Crippen LogP contribution >= 0.6 is 0 Å². The third-order valence-electron chi connectivity index (χ3n) is 1.95. The SMILES string of the molecule is CCCOC1OC1NCCC[NH2+]C. The zero-order valence-electron chi connectivity index (χ0n) is 8.58. The first kappa shape index (κ1) is 10.9. The molecule has 0 aromatic rings. The maximum absolute atomic E-state index is 5.38. The van der Waals surface area contributed by atoms with Gasteiger partial charge >= 0.3 is 0 Å². The van der Waals surface area contributed by atoms with Crippen molar-refractivity contribution < 1.29 is 14.8 Å². The van der Waals surface area contributed by atoms with Crippen LogP contribution < -0.4 is 10.6 Å². The van der Waals surface area contributed by atoms with Crippen LogP contribution in [0.4, 0.5) is 0 Å². The van der Waals surface area contributed by atoms with E-state index in [9.17, 15) is 0 Å². The van der Waals surface area contributed by atoms with Gasteiger partial charge in [0.2, 0.25) is 0 Å². The van der Waals surface area contributed by atoms with Gasteiger partial charge in [-0.15, -0.1) is 0 Å². The lowest BCUT2D eigenvalue weighted by atomic mass is 10.4. The summed E-state index contributed by atoms with van der Waals surface area (Å²) < 4.78 is 10.6. The summed E-state index contributed by atoms with van der Waals surface area (Å²) >= 11 is 0. The highest BCUT2D eigenvalue weighted by atomic mass is 16.8. The molecule has 4 heteroatoms. The molecular weight excluding hydrogens is 168 g/mol. The predicted octanol–water partition coefficient (Wildman–Crippen LogP) is -0.732. The normalized spacial score (nSPS) is 26.3. The molecule has 1 saturated heterocycles. The molecular formula is C9H21N2O2+. The minimum atomic E-state index is 0.0190. The van der Waals surface area contributed by atoms with E-state index in [0.717, 1.165) is 19.6 Å². The van der Waals surface area contributed by atoms with Crippen LogP contribution in [-0.4, -0.2) is 39.3 Å². The number of ether oxygens (including phenoxy) is 2. The summed E-state index contributed by atoms with van der Waals surface area (Å²) in [5, 5.41) is 5.46. The Morgan fingerprint density at radius 1 is 1.54 bits per heavy atom. The molecule has 2 unspecified atom stereocenters. The Hall–Kier alpha value is -0.160. The van der Waals surface area contributed by atoms with Crippen molar-refractivity contribution in [3.05, 3.63) is 0 Å². The summed E-state index contributed by atoms with van der Waals surface area (Å²) in [6.45, 7) is 5.08. The third kappa shape index (κ3) is 4.57. The Bertz CT molecular complexity index is 133. The first-order valence-corrected chi connectivity index (χ1v) is 5.16. The molecule has 4 nitrogen and oxygen atoms in total. The Balaban J connectivity index is 1.83. The van der Waals surface area contributed by atoms with Gasteiger partial charge in [-0.05, 0) is 6.42 Å². The van der Waals surface area contributed by atoms with Crippen molar-refractivity contribution in [2.75, 3.05) is 26.7 Å². The Kier molecular flexibility index (Phi) is 5.31. The van der Waals surface area contributed by atoms with Gasteiger partial charge in [0.25, 0.3) is 0 Å². The van der Waals surface area contributed by atoms with Crippen molar-refractivity contribution in [3.63, 3.8) is 0 Å². The van der Waals surface area contributed by atoms with Gasteiger partial charge in [0.15, 0.2) is 12.5 Å². The molecule has 1 aliphatic heterocycles. The van der Waals surface area contributed by atoms with E-state index in [2.05, 4.69) is 24.6 Å². The fourth-order valence-corrected chi connectivity index (χ4v) is 1.15. The van der Waals surface area contributed by atoms with Gasteiger partial charge in [-0.1, -0.05) is 6.92 Å². The van der Waals surface area contributed by atoms with Crippen molar-refractivity contribution in [2.24, 2.45) is 0 Å². The highest BCUT2D eigenvalue weighted by Gasteiger charge is 2.39. The highest BCUT2D eigenvalue weighted by molar-refractivity contribution is 4.73. The van der Waals surface area contributed by atoms with E-state index in [1.807, 2.05) is 0 Å². The number of nitrogens with one attached hydrogen (secondary N) is 1. The summed E-state index contributed by atoms with van der Waals surface area (Å²) in [5.41, 5.74) is 0. The summed E-state index contributed by atoms with van der Waals surface area (Å²) in [5.74, 6) is 0. The van der Waals surface area contributed by atoms with E-state index in [0.29, 0.717) is 0 Å². The number of quaternary nitrogens is 1. The zero-order chi connectivity index (χ0) is 9.52. The monoisotopic (exact) mass is 189 g/mol. The van der Waals surface area contributed by atoms with Crippen molar-refractivity contribution in [2.45, 2.75) is 32.3 Å². The smallest absolute Gasteiger partial charge is 0.199 e. The molecule has 0 aromatic carbocycles. The first-order valence-electron chi connectivity index (χ1n) is 5.16. The lowest BCUT2D eigenvalue weighted by Crippen LogP contribution is -2.79. The fraction of sp³-hybridized carbons (Fsp3) is 1.00. The molecule has 1 aliphatic rings. The van der Waals surface area contributed by atoms with Gasteiger partial charge in [-0.25, -0.2) is 0 Å². The second kappa shape index (κ2) is 6.32. The third-order valence-corrected chi connectivity index (χ3v) is 1.95. The Labute approximate surface area is 80.0 Å². The molecule has 0 bridgehead atoms. The zero-order valence-corrected chi connectivity index (χ0v) is 8.58. The van der Waals surface area contributed by atoms with Crippen LogP contribution in [0, 0.1) is 0 Å². The number of rotatable bonds is 8. The van der Waals surface area contributed by atoms with Crippen LogP contribution in [0.5, 0.6) is 0 Å². The largest absolute Gasteiger partial charge is 0.349 e. The lowest BCUT2D eigenvalue weighted by Gasteiger charge is -1.99. The molecule has 3 N–H and O–H groups in total. The number of hydrogen-bond donors (Lipinski definition) is 2. The van der Waals surface area contributed by atoms with E-state index in [-0.39, 0.29) is 12.5 Å². The molecule has 0 radical (unpaired) electrons. The molecule has 78 valence electrons. The summed E-state index contributed by atoms with van der Waals surface area (Å²) in [6, 6.07) is 0. The van der Waals surface area contributed by atoms with Crippen LogP contribution in [0.25, 0.3) is 0 Å². The topological polar surface area (TPSA) is 50.4 Å². The van der Waals surface area contributed by atoms with Gasteiger partial charge in [0, 0.05) is 19.6 Å². The molecule has 2 atom stereocenters. The summed E-state index contributed by atoms with van der Waals surface area (Å²) in [4.78, 5) is 0. The second-order valence-corrected chi connectivity index (χ2v) is 3.30. The van der Waals surface area contributed by atoms with E-state index in [1.54, 1.807) is 0 Å². The van der Waals surface area contributed by atoms with Crippen LogP contribution in [0.3, 0.4) is 0 Å².